The lowest BCUT2D eigenvalue weighted by Crippen LogP contribution is -2.32. The summed E-state index contributed by atoms with van der Waals surface area (Å²) in [6.07, 6.45) is 2.74. The zero-order chi connectivity index (χ0) is 24.5. The van der Waals surface area contributed by atoms with Gasteiger partial charge in [-0.05, 0) is 49.1 Å². The number of halogens is 1. The number of nitrogens with zero attached hydrogens (tertiary/aromatic N) is 2. The Kier molecular flexibility index (Phi) is 6.40. The number of carbonyl (C=O) groups is 3. The van der Waals surface area contributed by atoms with Crippen molar-refractivity contribution in [3.05, 3.63) is 86.1 Å². The van der Waals surface area contributed by atoms with E-state index in [9.17, 15) is 14.4 Å². The number of amidine groups is 1. The van der Waals surface area contributed by atoms with Crippen molar-refractivity contribution in [1.29, 1.82) is 5.41 Å². The summed E-state index contributed by atoms with van der Waals surface area (Å²) in [4.78, 5) is 42.4. The first-order valence-electron chi connectivity index (χ1n) is 11.4. The standard InChI is InChI=1S/C26H23ClN4O3S/c27-21-11-10-20(35-21)24(32)29-19-5-3-4-18-22(19)26(34)31(25(18)33)15-12-16-6-8-17(9-7-16)23(28)30-13-1-2-14-30/h3-11,28H,1-2,12-15H2,(H,29,32). The van der Waals surface area contributed by atoms with Crippen LogP contribution in [-0.2, 0) is 6.42 Å². The van der Waals surface area contributed by atoms with Crippen LogP contribution in [0.2, 0.25) is 4.34 Å². The van der Waals surface area contributed by atoms with E-state index in [1.54, 1.807) is 30.3 Å². The fraction of sp³-hybridized carbons (Fsp3) is 0.231. The first-order chi connectivity index (χ1) is 16.9. The zero-order valence-electron chi connectivity index (χ0n) is 18.8. The average Bonchev–Trinajstić information content (AvgIpc) is 3.60. The summed E-state index contributed by atoms with van der Waals surface area (Å²) >= 11 is 7.06. The van der Waals surface area contributed by atoms with Gasteiger partial charge in [0.05, 0.1) is 26.0 Å². The largest absolute Gasteiger partial charge is 0.357 e. The molecule has 0 atom stereocenters. The molecular weight excluding hydrogens is 484 g/mol. The molecule has 9 heteroatoms. The van der Waals surface area contributed by atoms with Gasteiger partial charge in [-0.15, -0.1) is 11.3 Å². The third kappa shape index (κ3) is 4.59. The molecule has 0 bridgehead atoms. The van der Waals surface area contributed by atoms with Crippen LogP contribution in [0.3, 0.4) is 0 Å². The second-order valence-electron chi connectivity index (χ2n) is 8.54. The summed E-state index contributed by atoms with van der Waals surface area (Å²) < 4.78 is 0.492. The Bertz CT molecular complexity index is 1330. The molecular formula is C26H23ClN4O3S. The number of amides is 3. The number of anilines is 1. The molecule has 178 valence electrons. The normalized spacial score (nSPS) is 15.0. The molecule has 1 aromatic heterocycles. The zero-order valence-corrected chi connectivity index (χ0v) is 20.4. The number of hydrogen-bond donors (Lipinski definition) is 2. The SMILES string of the molecule is N=C(c1ccc(CCN2C(=O)c3cccc(NC(=O)c4ccc(Cl)s4)c3C2=O)cc1)N1CCCC1. The van der Waals surface area contributed by atoms with Gasteiger partial charge in [-0.1, -0.05) is 41.9 Å². The third-order valence-electron chi connectivity index (χ3n) is 6.32. The Hall–Kier alpha value is -3.49. The lowest BCUT2D eigenvalue weighted by Gasteiger charge is -2.19. The summed E-state index contributed by atoms with van der Waals surface area (Å²) in [5.74, 6) is -0.632. The average molecular weight is 507 g/mol. The molecule has 0 spiro atoms. The molecule has 3 heterocycles. The van der Waals surface area contributed by atoms with Crippen molar-refractivity contribution in [2.24, 2.45) is 0 Å². The minimum Gasteiger partial charge on any atom is -0.357 e. The Morgan fingerprint density at radius 2 is 1.74 bits per heavy atom. The molecule has 0 aliphatic carbocycles. The number of thiophene rings is 1. The van der Waals surface area contributed by atoms with E-state index < -0.39 is 5.91 Å². The molecule has 2 aliphatic rings. The van der Waals surface area contributed by atoms with Crippen LogP contribution in [0, 0.1) is 5.41 Å². The molecule has 5 rings (SSSR count). The number of rotatable bonds is 6. The van der Waals surface area contributed by atoms with Crippen molar-refractivity contribution >= 4 is 52.2 Å². The number of nitrogens with one attached hydrogen (secondary N) is 2. The third-order valence-corrected chi connectivity index (χ3v) is 7.55. The maximum atomic E-state index is 13.2. The minimum atomic E-state index is -0.419. The molecule has 0 saturated carbocycles. The van der Waals surface area contributed by atoms with E-state index in [4.69, 9.17) is 17.0 Å². The summed E-state index contributed by atoms with van der Waals surface area (Å²) in [5, 5.41) is 11.1. The van der Waals surface area contributed by atoms with Gasteiger partial charge >= 0.3 is 0 Å². The van der Waals surface area contributed by atoms with Gasteiger partial charge in [-0.3, -0.25) is 24.7 Å². The number of benzene rings is 2. The highest BCUT2D eigenvalue weighted by Gasteiger charge is 2.37. The quantitative estimate of drug-likeness (QED) is 0.282. The van der Waals surface area contributed by atoms with Gasteiger partial charge in [0.2, 0.25) is 0 Å². The van der Waals surface area contributed by atoms with Gasteiger partial charge in [0.1, 0.15) is 5.84 Å². The Balaban J connectivity index is 1.27. The van der Waals surface area contributed by atoms with Crippen molar-refractivity contribution in [1.82, 2.24) is 9.80 Å². The van der Waals surface area contributed by atoms with Gasteiger partial charge in [-0.25, -0.2) is 0 Å². The number of imide groups is 1. The van der Waals surface area contributed by atoms with E-state index in [2.05, 4.69) is 10.2 Å². The van der Waals surface area contributed by atoms with E-state index >= 15 is 0 Å². The molecule has 0 unspecified atom stereocenters. The topological polar surface area (TPSA) is 93.6 Å². The van der Waals surface area contributed by atoms with E-state index in [0.717, 1.165) is 48.4 Å². The summed E-state index contributed by atoms with van der Waals surface area (Å²) in [7, 11) is 0. The van der Waals surface area contributed by atoms with E-state index in [0.29, 0.717) is 27.2 Å². The summed E-state index contributed by atoms with van der Waals surface area (Å²) in [6, 6.07) is 15.8. The predicted octanol–water partition coefficient (Wildman–Crippen LogP) is 4.91. The van der Waals surface area contributed by atoms with Crippen LogP contribution < -0.4 is 5.32 Å². The maximum Gasteiger partial charge on any atom is 0.265 e. The first kappa shape index (κ1) is 23.3. The maximum absolute atomic E-state index is 13.2. The first-order valence-corrected chi connectivity index (χ1v) is 12.6. The molecule has 3 aromatic rings. The van der Waals surface area contributed by atoms with Crippen molar-refractivity contribution < 1.29 is 14.4 Å². The molecule has 2 N–H and O–H groups in total. The molecule has 1 fully saturated rings. The number of carbonyl (C=O) groups excluding carboxylic acids is 3. The Morgan fingerprint density at radius 1 is 1.00 bits per heavy atom. The summed E-state index contributed by atoms with van der Waals surface area (Å²) in [5.41, 5.74) is 2.64. The van der Waals surface area contributed by atoms with Crippen molar-refractivity contribution in [3.8, 4) is 0 Å². The lowest BCUT2D eigenvalue weighted by molar-refractivity contribution is 0.0656. The Labute approximate surface area is 211 Å². The van der Waals surface area contributed by atoms with Crippen molar-refractivity contribution in [3.63, 3.8) is 0 Å². The second-order valence-corrected chi connectivity index (χ2v) is 10.3. The number of fused-ring (bicyclic) bond motifs is 1. The number of hydrogen-bond acceptors (Lipinski definition) is 5. The van der Waals surface area contributed by atoms with E-state index in [1.807, 2.05) is 24.3 Å². The minimum absolute atomic E-state index is 0.211. The number of likely N-dealkylation sites (tertiary alicyclic amines) is 1. The molecule has 35 heavy (non-hydrogen) atoms. The fourth-order valence-corrected chi connectivity index (χ4v) is 5.39. The fourth-order valence-electron chi connectivity index (χ4n) is 4.45. The van der Waals surface area contributed by atoms with E-state index in [-0.39, 0.29) is 29.5 Å². The molecule has 1 saturated heterocycles. The summed E-state index contributed by atoms with van der Waals surface area (Å²) in [6.45, 7) is 2.07. The predicted molar refractivity (Wildman–Crippen MR) is 137 cm³/mol. The highest BCUT2D eigenvalue weighted by molar-refractivity contribution is 7.18. The molecule has 7 nitrogen and oxygen atoms in total. The van der Waals surface area contributed by atoms with Gasteiger partial charge in [-0.2, -0.15) is 0 Å². The smallest absolute Gasteiger partial charge is 0.265 e. The van der Waals surface area contributed by atoms with Crippen molar-refractivity contribution in [2.75, 3.05) is 25.0 Å². The molecule has 0 radical (unpaired) electrons. The van der Waals surface area contributed by atoms with Gasteiger partial charge in [0, 0.05) is 25.2 Å². The van der Waals surface area contributed by atoms with Gasteiger partial charge in [0.15, 0.2) is 0 Å². The van der Waals surface area contributed by atoms with Gasteiger partial charge < -0.3 is 10.2 Å². The van der Waals surface area contributed by atoms with Crippen LogP contribution in [0.15, 0.2) is 54.6 Å². The van der Waals surface area contributed by atoms with Gasteiger partial charge in [0.25, 0.3) is 17.7 Å². The van der Waals surface area contributed by atoms with Crippen LogP contribution in [-0.4, -0.2) is 53.0 Å². The highest BCUT2D eigenvalue weighted by atomic mass is 35.5. The van der Waals surface area contributed by atoms with Crippen LogP contribution in [0.5, 0.6) is 0 Å². The van der Waals surface area contributed by atoms with Crippen LogP contribution in [0.4, 0.5) is 5.69 Å². The monoisotopic (exact) mass is 506 g/mol. The highest BCUT2D eigenvalue weighted by Crippen LogP contribution is 2.31. The lowest BCUT2D eigenvalue weighted by atomic mass is 10.1. The molecule has 3 amide bonds. The second kappa shape index (κ2) is 9.64. The Morgan fingerprint density at radius 3 is 2.43 bits per heavy atom. The van der Waals surface area contributed by atoms with Crippen LogP contribution in [0.1, 0.15) is 54.4 Å². The van der Waals surface area contributed by atoms with E-state index in [1.165, 1.54) is 4.90 Å². The van der Waals surface area contributed by atoms with Crippen LogP contribution in [0.25, 0.3) is 0 Å². The van der Waals surface area contributed by atoms with Crippen LogP contribution >= 0.6 is 22.9 Å². The van der Waals surface area contributed by atoms with Crippen molar-refractivity contribution in [2.45, 2.75) is 19.3 Å². The molecule has 2 aromatic carbocycles. The molecule has 2 aliphatic heterocycles.